The highest BCUT2D eigenvalue weighted by atomic mass is 16.5. The predicted molar refractivity (Wildman–Crippen MR) is 68.3 cm³/mol. The van der Waals surface area contributed by atoms with Gasteiger partial charge in [-0.1, -0.05) is 5.16 Å². The van der Waals surface area contributed by atoms with Crippen molar-refractivity contribution in [2.75, 3.05) is 19.6 Å². The van der Waals surface area contributed by atoms with Crippen LogP contribution in [0.25, 0.3) is 0 Å². The number of rotatable bonds is 4. The van der Waals surface area contributed by atoms with Gasteiger partial charge >= 0.3 is 0 Å². The second-order valence-corrected chi connectivity index (χ2v) is 5.68. The number of hydrogen-bond donors (Lipinski definition) is 1. The molecule has 5 heteroatoms. The average Bonchev–Trinajstić information content (AvgIpc) is 3.12. The Hall–Kier alpha value is -0.940. The molecule has 2 aliphatic rings. The highest BCUT2D eigenvalue weighted by Crippen LogP contribution is 2.34. The first-order valence-corrected chi connectivity index (χ1v) is 6.99. The Kier molecular flexibility index (Phi) is 3.35. The van der Waals surface area contributed by atoms with Crippen molar-refractivity contribution in [1.29, 1.82) is 0 Å². The molecule has 0 radical (unpaired) electrons. The van der Waals surface area contributed by atoms with Crippen molar-refractivity contribution in [3.63, 3.8) is 0 Å². The summed E-state index contributed by atoms with van der Waals surface area (Å²) in [5.74, 6) is 2.42. The predicted octanol–water partition coefficient (Wildman–Crippen LogP) is 0.993. The molecule has 1 aliphatic carbocycles. The number of nitrogens with zero attached hydrogens (tertiary/aromatic N) is 3. The van der Waals surface area contributed by atoms with Gasteiger partial charge in [-0.15, -0.1) is 0 Å². The summed E-state index contributed by atoms with van der Waals surface area (Å²) in [6.07, 6.45) is 3.67. The zero-order valence-electron chi connectivity index (χ0n) is 11.2. The third kappa shape index (κ3) is 2.72. The Morgan fingerprint density at radius 1 is 1.44 bits per heavy atom. The van der Waals surface area contributed by atoms with Gasteiger partial charge in [-0.2, -0.15) is 4.98 Å². The zero-order valence-corrected chi connectivity index (χ0v) is 11.2. The summed E-state index contributed by atoms with van der Waals surface area (Å²) < 4.78 is 5.17. The second-order valence-electron chi connectivity index (χ2n) is 5.68. The van der Waals surface area contributed by atoms with Crippen LogP contribution in [0, 0.1) is 12.8 Å². The van der Waals surface area contributed by atoms with Crippen molar-refractivity contribution in [2.45, 2.75) is 45.2 Å². The topological polar surface area (TPSA) is 54.2 Å². The summed E-state index contributed by atoms with van der Waals surface area (Å²) in [5.41, 5.74) is 0. The molecule has 1 aromatic heterocycles. The number of aromatic nitrogens is 2. The molecule has 18 heavy (non-hydrogen) atoms. The van der Waals surface area contributed by atoms with E-state index in [-0.39, 0.29) is 0 Å². The van der Waals surface area contributed by atoms with Crippen LogP contribution in [-0.4, -0.2) is 46.8 Å². The quantitative estimate of drug-likeness (QED) is 0.863. The largest absolute Gasteiger partial charge is 0.339 e. The van der Waals surface area contributed by atoms with Crippen molar-refractivity contribution >= 4 is 0 Å². The first kappa shape index (κ1) is 12.1. The maximum Gasteiger partial charge on any atom is 0.227 e. The van der Waals surface area contributed by atoms with E-state index < -0.39 is 0 Å². The Morgan fingerprint density at radius 3 is 2.94 bits per heavy atom. The van der Waals surface area contributed by atoms with Crippen LogP contribution in [0.4, 0.5) is 0 Å². The Labute approximate surface area is 108 Å². The molecule has 1 aliphatic heterocycles. The molecule has 0 aromatic carbocycles. The van der Waals surface area contributed by atoms with Crippen LogP contribution in [0.2, 0.25) is 0 Å². The fourth-order valence-corrected chi connectivity index (χ4v) is 2.76. The smallest absolute Gasteiger partial charge is 0.227 e. The fourth-order valence-electron chi connectivity index (χ4n) is 2.76. The first-order valence-electron chi connectivity index (χ1n) is 6.99. The van der Waals surface area contributed by atoms with Crippen LogP contribution in [-0.2, 0) is 6.42 Å². The molecule has 1 saturated heterocycles. The molecular formula is C13H22N4O. The lowest BCUT2D eigenvalue weighted by molar-refractivity contribution is 0.131. The molecule has 2 heterocycles. The Balaban J connectivity index is 1.53. The van der Waals surface area contributed by atoms with Crippen LogP contribution >= 0.6 is 0 Å². The highest BCUT2D eigenvalue weighted by Gasteiger charge is 2.35. The van der Waals surface area contributed by atoms with E-state index in [0.717, 1.165) is 37.1 Å². The van der Waals surface area contributed by atoms with Gasteiger partial charge in [0, 0.05) is 38.1 Å². The summed E-state index contributed by atoms with van der Waals surface area (Å²) in [7, 11) is 0. The molecule has 0 spiro atoms. The molecule has 3 rings (SSSR count). The van der Waals surface area contributed by atoms with Gasteiger partial charge in [-0.3, -0.25) is 4.90 Å². The highest BCUT2D eigenvalue weighted by molar-refractivity contribution is 4.94. The Bertz CT molecular complexity index is 401. The lowest BCUT2D eigenvalue weighted by Crippen LogP contribution is -2.56. The summed E-state index contributed by atoms with van der Waals surface area (Å²) in [4.78, 5) is 6.82. The van der Waals surface area contributed by atoms with Crippen molar-refractivity contribution in [3.05, 3.63) is 11.7 Å². The lowest BCUT2D eigenvalue weighted by atomic mass is 10.1. The van der Waals surface area contributed by atoms with E-state index in [1.165, 1.54) is 19.4 Å². The van der Waals surface area contributed by atoms with Crippen LogP contribution in [0.15, 0.2) is 4.52 Å². The van der Waals surface area contributed by atoms with Crippen molar-refractivity contribution in [3.8, 4) is 0 Å². The summed E-state index contributed by atoms with van der Waals surface area (Å²) in [6, 6.07) is 1.30. The van der Waals surface area contributed by atoms with Gasteiger partial charge in [-0.05, 0) is 32.6 Å². The fraction of sp³-hybridized carbons (Fsp3) is 0.846. The standard InChI is InChI=1S/C13H22N4O/c1-9-7-14-12(11-3-4-11)8-17(9)6-5-13-15-10(2)16-18-13/h9,11-12,14H,3-8H2,1-2H3. The van der Waals surface area contributed by atoms with Gasteiger partial charge in [0.2, 0.25) is 5.89 Å². The van der Waals surface area contributed by atoms with E-state index in [4.69, 9.17) is 4.52 Å². The van der Waals surface area contributed by atoms with E-state index in [2.05, 4.69) is 27.3 Å². The van der Waals surface area contributed by atoms with Crippen molar-refractivity contribution < 1.29 is 4.52 Å². The molecule has 1 saturated carbocycles. The summed E-state index contributed by atoms with van der Waals surface area (Å²) in [6.45, 7) is 7.44. The Morgan fingerprint density at radius 2 is 2.28 bits per heavy atom. The van der Waals surface area contributed by atoms with E-state index in [0.29, 0.717) is 12.1 Å². The van der Waals surface area contributed by atoms with Gasteiger partial charge in [0.15, 0.2) is 5.82 Å². The molecule has 100 valence electrons. The van der Waals surface area contributed by atoms with E-state index in [1.54, 1.807) is 0 Å². The molecule has 0 bridgehead atoms. The van der Waals surface area contributed by atoms with Crippen LogP contribution in [0.3, 0.4) is 0 Å². The van der Waals surface area contributed by atoms with E-state index in [9.17, 15) is 0 Å². The second kappa shape index (κ2) is 4.97. The lowest BCUT2D eigenvalue weighted by Gasteiger charge is -2.38. The number of nitrogens with one attached hydrogen (secondary N) is 1. The minimum Gasteiger partial charge on any atom is -0.339 e. The third-order valence-electron chi connectivity index (χ3n) is 4.10. The monoisotopic (exact) mass is 250 g/mol. The molecule has 2 atom stereocenters. The number of piperazine rings is 1. The maximum absolute atomic E-state index is 5.17. The van der Waals surface area contributed by atoms with Crippen molar-refractivity contribution in [1.82, 2.24) is 20.4 Å². The third-order valence-corrected chi connectivity index (χ3v) is 4.10. The summed E-state index contributed by atoms with van der Waals surface area (Å²) in [5, 5.41) is 7.51. The summed E-state index contributed by atoms with van der Waals surface area (Å²) >= 11 is 0. The number of hydrogen-bond acceptors (Lipinski definition) is 5. The molecule has 0 amide bonds. The number of aryl methyl sites for hydroxylation is 1. The minimum absolute atomic E-state index is 0.601. The molecule has 2 unspecified atom stereocenters. The molecule has 2 fully saturated rings. The zero-order chi connectivity index (χ0) is 12.5. The molecular weight excluding hydrogens is 228 g/mol. The van der Waals surface area contributed by atoms with Crippen LogP contribution in [0.5, 0.6) is 0 Å². The van der Waals surface area contributed by atoms with Gasteiger partial charge in [0.05, 0.1) is 0 Å². The normalized spacial score (nSPS) is 29.7. The molecule has 1 N–H and O–H groups in total. The van der Waals surface area contributed by atoms with Gasteiger partial charge in [-0.25, -0.2) is 0 Å². The van der Waals surface area contributed by atoms with Crippen LogP contribution in [0.1, 0.15) is 31.5 Å². The maximum atomic E-state index is 5.17. The van der Waals surface area contributed by atoms with E-state index in [1.807, 2.05) is 6.92 Å². The average molecular weight is 250 g/mol. The minimum atomic E-state index is 0.601. The van der Waals surface area contributed by atoms with Gasteiger partial charge in [0.1, 0.15) is 0 Å². The van der Waals surface area contributed by atoms with Crippen LogP contribution < -0.4 is 5.32 Å². The SMILES string of the molecule is Cc1noc(CCN2CC(C3CC3)NCC2C)n1. The van der Waals surface area contributed by atoms with E-state index >= 15 is 0 Å². The van der Waals surface area contributed by atoms with Gasteiger partial charge < -0.3 is 9.84 Å². The van der Waals surface area contributed by atoms with Crippen molar-refractivity contribution in [2.24, 2.45) is 5.92 Å². The molecule has 1 aromatic rings. The van der Waals surface area contributed by atoms with Gasteiger partial charge in [0.25, 0.3) is 0 Å². The first-order chi connectivity index (χ1) is 8.72. The molecule has 5 nitrogen and oxygen atoms in total.